The molecule has 2 aromatic carbocycles. The number of nitrogens with one attached hydrogen (secondary N) is 2. The number of aromatic nitrogens is 2. The standard InChI is InChI=1S/C21H18ClFN4O2/c22-14-3-7-16(8-4-14)24-21(29)27-10-9-18-17(12-27)20(28)26-19(25-18)11-13-1-5-15(23)6-2-13/h1-8H,9-12H2,(H,24,29)(H,25,26,28). The third-order valence-electron chi connectivity index (χ3n) is 4.79. The van der Waals surface area contributed by atoms with E-state index in [1.807, 2.05) is 0 Å². The molecule has 0 saturated carbocycles. The van der Waals surface area contributed by atoms with Gasteiger partial charge in [0.15, 0.2) is 0 Å². The first kappa shape index (κ1) is 19.1. The zero-order valence-electron chi connectivity index (χ0n) is 15.4. The molecule has 8 heteroatoms. The fourth-order valence-electron chi connectivity index (χ4n) is 3.26. The molecule has 2 N–H and O–H groups in total. The number of rotatable bonds is 3. The monoisotopic (exact) mass is 412 g/mol. The zero-order valence-corrected chi connectivity index (χ0v) is 16.2. The van der Waals surface area contributed by atoms with Gasteiger partial charge in [-0.1, -0.05) is 23.7 Å². The fraction of sp³-hybridized carbons (Fsp3) is 0.190. The van der Waals surface area contributed by atoms with Gasteiger partial charge in [-0.05, 0) is 42.0 Å². The molecule has 1 aliphatic rings. The predicted molar refractivity (Wildman–Crippen MR) is 109 cm³/mol. The molecular weight excluding hydrogens is 395 g/mol. The Morgan fingerprint density at radius 1 is 1.17 bits per heavy atom. The maximum absolute atomic E-state index is 13.1. The first-order valence-corrected chi connectivity index (χ1v) is 9.52. The number of urea groups is 1. The number of nitrogens with zero attached hydrogens (tertiary/aromatic N) is 2. The van der Waals surface area contributed by atoms with Gasteiger partial charge in [-0.2, -0.15) is 0 Å². The van der Waals surface area contributed by atoms with Crippen LogP contribution in [0.5, 0.6) is 0 Å². The molecule has 1 aliphatic heterocycles. The van der Waals surface area contributed by atoms with Crippen molar-refractivity contribution in [3.05, 3.63) is 92.4 Å². The van der Waals surface area contributed by atoms with Gasteiger partial charge in [0.05, 0.1) is 17.8 Å². The largest absolute Gasteiger partial charge is 0.322 e. The zero-order chi connectivity index (χ0) is 20.4. The van der Waals surface area contributed by atoms with E-state index in [9.17, 15) is 14.0 Å². The van der Waals surface area contributed by atoms with Crippen LogP contribution in [0.3, 0.4) is 0 Å². The van der Waals surface area contributed by atoms with Crippen LogP contribution in [0.25, 0.3) is 0 Å². The molecule has 0 bridgehead atoms. The molecule has 0 fully saturated rings. The Labute approximate surface area is 171 Å². The summed E-state index contributed by atoms with van der Waals surface area (Å²) in [5.74, 6) is 0.219. The molecule has 2 amide bonds. The number of carbonyl (C=O) groups excluding carboxylic acids is 1. The summed E-state index contributed by atoms with van der Waals surface area (Å²) in [5, 5.41) is 3.39. The summed E-state index contributed by atoms with van der Waals surface area (Å²) in [6.07, 6.45) is 0.896. The molecule has 6 nitrogen and oxygen atoms in total. The highest BCUT2D eigenvalue weighted by atomic mass is 35.5. The molecule has 1 aromatic heterocycles. The van der Waals surface area contributed by atoms with Crippen LogP contribution in [0.4, 0.5) is 14.9 Å². The number of benzene rings is 2. The van der Waals surface area contributed by atoms with Gasteiger partial charge >= 0.3 is 6.03 Å². The van der Waals surface area contributed by atoms with E-state index in [4.69, 9.17) is 11.6 Å². The molecule has 0 atom stereocenters. The van der Waals surface area contributed by atoms with Crippen molar-refractivity contribution in [2.24, 2.45) is 0 Å². The van der Waals surface area contributed by atoms with Crippen molar-refractivity contribution in [1.82, 2.24) is 14.9 Å². The van der Waals surface area contributed by atoms with Crippen LogP contribution >= 0.6 is 11.6 Å². The predicted octanol–water partition coefficient (Wildman–Crippen LogP) is 3.74. The van der Waals surface area contributed by atoms with Gasteiger partial charge in [0.2, 0.25) is 0 Å². The van der Waals surface area contributed by atoms with Crippen LogP contribution in [0, 0.1) is 5.82 Å². The van der Waals surface area contributed by atoms with Crippen LogP contribution in [-0.2, 0) is 19.4 Å². The third-order valence-corrected chi connectivity index (χ3v) is 5.04. The highest BCUT2D eigenvalue weighted by Gasteiger charge is 2.24. The van der Waals surface area contributed by atoms with Crippen molar-refractivity contribution in [1.29, 1.82) is 0 Å². The van der Waals surface area contributed by atoms with Gasteiger partial charge in [0, 0.05) is 30.1 Å². The highest BCUT2D eigenvalue weighted by molar-refractivity contribution is 6.30. The molecular formula is C21H18ClFN4O2. The minimum Gasteiger partial charge on any atom is -0.320 e. The van der Waals surface area contributed by atoms with Crippen LogP contribution in [0.1, 0.15) is 22.6 Å². The average molecular weight is 413 g/mol. The lowest BCUT2D eigenvalue weighted by atomic mass is 10.1. The Balaban J connectivity index is 1.48. The van der Waals surface area contributed by atoms with Gasteiger partial charge < -0.3 is 15.2 Å². The molecule has 0 aliphatic carbocycles. The van der Waals surface area contributed by atoms with E-state index in [0.717, 1.165) is 5.56 Å². The summed E-state index contributed by atoms with van der Waals surface area (Å²) in [4.78, 5) is 34.0. The Morgan fingerprint density at radius 2 is 1.90 bits per heavy atom. The fourth-order valence-corrected chi connectivity index (χ4v) is 3.39. The quantitative estimate of drug-likeness (QED) is 0.687. The third kappa shape index (κ3) is 4.46. The molecule has 0 radical (unpaired) electrons. The number of H-pyrrole nitrogens is 1. The van der Waals surface area contributed by atoms with Crippen molar-refractivity contribution in [3.8, 4) is 0 Å². The van der Waals surface area contributed by atoms with Crippen LogP contribution in [0.15, 0.2) is 53.3 Å². The van der Waals surface area contributed by atoms with E-state index in [0.29, 0.717) is 47.2 Å². The van der Waals surface area contributed by atoms with E-state index >= 15 is 0 Å². The van der Waals surface area contributed by atoms with Crippen molar-refractivity contribution < 1.29 is 9.18 Å². The second kappa shape index (κ2) is 8.05. The summed E-state index contributed by atoms with van der Waals surface area (Å²) in [6, 6.07) is 12.6. The van der Waals surface area contributed by atoms with Crippen LogP contribution in [0.2, 0.25) is 5.02 Å². The van der Waals surface area contributed by atoms with E-state index in [2.05, 4.69) is 15.3 Å². The molecule has 29 heavy (non-hydrogen) atoms. The van der Waals surface area contributed by atoms with Crippen molar-refractivity contribution in [2.45, 2.75) is 19.4 Å². The summed E-state index contributed by atoms with van der Waals surface area (Å²) < 4.78 is 13.1. The number of hydrogen-bond donors (Lipinski definition) is 2. The van der Waals surface area contributed by atoms with E-state index in [-0.39, 0.29) is 24.0 Å². The normalized spacial score (nSPS) is 13.1. The van der Waals surface area contributed by atoms with Gasteiger partial charge in [-0.3, -0.25) is 4.79 Å². The lowest BCUT2D eigenvalue weighted by Gasteiger charge is -2.28. The maximum Gasteiger partial charge on any atom is 0.322 e. The number of carbonyl (C=O) groups is 1. The molecule has 148 valence electrons. The molecule has 2 heterocycles. The van der Waals surface area contributed by atoms with Crippen LogP contribution < -0.4 is 10.9 Å². The van der Waals surface area contributed by atoms with Gasteiger partial charge in [-0.25, -0.2) is 14.2 Å². The summed E-state index contributed by atoms with van der Waals surface area (Å²) >= 11 is 5.86. The van der Waals surface area contributed by atoms with Crippen molar-refractivity contribution in [3.63, 3.8) is 0 Å². The molecule has 0 unspecified atom stereocenters. The summed E-state index contributed by atoms with van der Waals surface area (Å²) in [6.45, 7) is 0.646. The lowest BCUT2D eigenvalue weighted by molar-refractivity contribution is 0.205. The summed E-state index contributed by atoms with van der Waals surface area (Å²) in [5.41, 5.74) is 2.42. The number of fused-ring (bicyclic) bond motifs is 1. The summed E-state index contributed by atoms with van der Waals surface area (Å²) in [7, 11) is 0. The molecule has 0 spiro atoms. The number of amides is 2. The highest BCUT2D eigenvalue weighted by Crippen LogP contribution is 2.18. The average Bonchev–Trinajstić information content (AvgIpc) is 2.71. The Kier molecular flexibility index (Phi) is 5.31. The Morgan fingerprint density at radius 3 is 2.62 bits per heavy atom. The van der Waals surface area contributed by atoms with Gasteiger partial charge in [0.1, 0.15) is 11.6 Å². The lowest BCUT2D eigenvalue weighted by Crippen LogP contribution is -2.42. The second-order valence-electron chi connectivity index (χ2n) is 6.85. The first-order valence-electron chi connectivity index (χ1n) is 9.15. The topological polar surface area (TPSA) is 78.1 Å². The molecule has 0 saturated heterocycles. The van der Waals surface area contributed by atoms with E-state index in [1.54, 1.807) is 41.3 Å². The maximum atomic E-state index is 13.1. The Hall–Kier alpha value is -3.19. The van der Waals surface area contributed by atoms with Gasteiger partial charge in [-0.15, -0.1) is 0 Å². The number of halogens is 2. The van der Waals surface area contributed by atoms with E-state index < -0.39 is 0 Å². The van der Waals surface area contributed by atoms with Crippen molar-refractivity contribution in [2.75, 3.05) is 11.9 Å². The molecule has 3 aromatic rings. The van der Waals surface area contributed by atoms with Gasteiger partial charge in [0.25, 0.3) is 5.56 Å². The minimum absolute atomic E-state index is 0.188. The number of hydrogen-bond acceptors (Lipinski definition) is 3. The van der Waals surface area contributed by atoms with Crippen molar-refractivity contribution >= 4 is 23.3 Å². The molecule has 4 rings (SSSR count). The number of anilines is 1. The minimum atomic E-state index is -0.308. The SMILES string of the molecule is O=C(Nc1ccc(Cl)cc1)N1CCc2nc(Cc3ccc(F)cc3)[nH]c(=O)c2C1. The number of aromatic amines is 1. The first-order chi connectivity index (χ1) is 14.0. The van der Waals surface area contributed by atoms with Crippen LogP contribution in [-0.4, -0.2) is 27.4 Å². The smallest absolute Gasteiger partial charge is 0.320 e. The van der Waals surface area contributed by atoms with E-state index in [1.165, 1.54) is 12.1 Å². The Bertz CT molecular complexity index is 1100. The second-order valence-corrected chi connectivity index (χ2v) is 7.29.